The number of carbonyl (C=O) groups is 2. The Morgan fingerprint density at radius 2 is 1.95 bits per heavy atom. The number of H-pyrrole nitrogens is 1. The number of likely N-dealkylation sites (tertiary alicyclic amines) is 1. The maximum Gasteiger partial charge on any atom is 0.225 e. The van der Waals surface area contributed by atoms with Crippen molar-refractivity contribution in [2.45, 2.75) is 32.2 Å². The molecule has 0 unspecified atom stereocenters. The predicted molar refractivity (Wildman–Crippen MR) is 68.1 cm³/mol. The van der Waals surface area contributed by atoms with Crippen molar-refractivity contribution in [2.75, 3.05) is 13.1 Å². The highest BCUT2D eigenvalue weighted by atomic mass is 16.2. The highest BCUT2D eigenvalue weighted by Crippen LogP contribution is 2.32. The molecule has 1 aliphatic carbocycles. The van der Waals surface area contributed by atoms with E-state index >= 15 is 0 Å². The van der Waals surface area contributed by atoms with E-state index < -0.39 is 0 Å². The van der Waals surface area contributed by atoms with Crippen LogP contribution >= 0.6 is 0 Å². The van der Waals surface area contributed by atoms with Gasteiger partial charge in [0, 0.05) is 24.9 Å². The molecule has 1 saturated heterocycles. The lowest BCUT2D eigenvalue weighted by atomic mass is 9.95. The number of aromatic amines is 1. The molecule has 0 aromatic carbocycles. The zero-order chi connectivity index (χ0) is 13.9. The number of carbonyl (C=O) groups excluding carboxylic acids is 2. The number of tetrazole rings is 1. The fourth-order valence-corrected chi connectivity index (χ4v) is 2.52. The summed E-state index contributed by atoms with van der Waals surface area (Å²) in [5.41, 5.74) is 0. The fraction of sp³-hybridized carbons (Fsp3) is 0.750. The van der Waals surface area contributed by atoms with Crippen molar-refractivity contribution in [3.05, 3.63) is 5.82 Å². The number of hydrogen-bond donors (Lipinski definition) is 2. The molecule has 108 valence electrons. The standard InChI is InChI=1S/C12H18N6O2/c19-11(13-7-10-14-16-17-15-10)8-3-5-18(6-4-8)12(20)9-1-2-9/h8-9H,1-7H2,(H,13,19)(H,14,15,16,17). The molecule has 2 amide bonds. The molecule has 20 heavy (non-hydrogen) atoms. The first kappa shape index (κ1) is 13.0. The molecule has 1 aliphatic heterocycles. The summed E-state index contributed by atoms with van der Waals surface area (Å²) in [7, 11) is 0. The second kappa shape index (κ2) is 5.56. The number of amides is 2. The molecule has 2 heterocycles. The average molecular weight is 278 g/mol. The normalized spacial score (nSPS) is 19.9. The molecule has 1 aromatic rings. The van der Waals surface area contributed by atoms with Crippen molar-refractivity contribution in [1.29, 1.82) is 0 Å². The third-order valence-electron chi connectivity index (χ3n) is 3.91. The van der Waals surface area contributed by atoms with Gasteiger partial charge in [-0.2, -0.15) is 5.21 Å². The first-order valence-electron chi connectivity index (χ1n) is 7.03. The van der Waals surface area contributed by atoms with Gasteiger partial charge in [-0.3, -0.25) is 9.59 Å². The molecule has 1 saturated carbocycles. The van der Waals surface area contributed by atoms with Gasteiger partial charge in [-0.15, -0.1) is 10.2 Å². The largest absolute Gasteiger partial charge is 0.348 e. The SMILES string of the molecule is O=C(NCc1nn[nH]n1)C1CCN(C(=O)C2CC2)CC1. The van der Waals surface area contributed by atoms with Crippen LogP contribution in [-0.2, 0) is 16.1 Å². The van der Waals surface area contributed by atoms with Crippen molar-refractivity contribution < 1.29 is 9.59 Å². The van der Waals surface area contributed by atoms with Crippen LogP contribution in [0, 0.1) is 11.8 Å². The van der Waals surface area contributed by atoms with Crippen molar-refractivity contribution in [2.24, 2.45) is 11.8 Å². The molecule has 8 nitrogen and oxygen atoms in total. The lowest BCUT2D eigenvalue weighted by molar-refractivity contribution is -0.136. The Balaban J connectivity index is 1.42. The Kier molecular flexibility index (Phi) is 3.62. The minimum Gasteiger partial charge on any atom is -0.348 e. The maximum absolute atomic E-state index is 12.0. The summed E-state index contributed by atoms with van der Waals surface area (Å²) >= 11 is 0. The Hall–Kier alpha value is -1.99. The van der Waals surface area contributed by atoms with Gasteiger partial charge in [0.25, 0.3) is 0 Å². The Labute approximate surface area is 116 Å². The molecule has 1 aromatic heterocycles. The van der Waals surface area contributed by atoms with E-state index in [-0.39, 0.29) is 30.2 Å². The molecule has 0 radical (unpaired) electrons. The van der Waals surface area contributed by atoms with Crippen LogP contribution in [0.4, 0.5) is 0 Å². The monoisotopic (exact) mass is 278 g/mol. The van der Waals surface area contributed by atoms with Crippen molar-refractivity contribution >= 4 is 11.8 Å². The number of rotatable bonds is 4. The van der Waals surface area contributed by atoms with Crippen LogP contribution in [0.2, 0.25) is 0 Å². The molecular formula is C12H18N6O2. The van der Waals surface area contributed by atoms with Gasteiger partial charge in [0.1, 0.15) is 0 Å². The molecule has 0 spiro atoms. The maximum atomic E-state index is 12.0. The number of nitrogens with one attached hydrogen (secondary N) is 2. The molecule has 0 atom stereocenters. The Morgan fingerprint density at radius 1 is 1.20 bits per heavy atom. The van der Waals surface area contributed by atoms with Crippen molar-refractivity contribution in [3.8, 4) is 0 Å². The molecular weight excluding hydrogens is 260 g/mol. The van der Waals surface area contributed by atoms with Crippen LogP contribution in [0.1, 0.15) is 31.5 Å². The van der Waals surface area contributed by atoms with E-state index in [0.717, 1.165) is 25.7 Å². The van der Waals surface area contributed by atoms with E-state index in [1.165, 1.54) is 0 Å². The van der Waals surface area contributed by atoms with Gasteiger partial charge in [0.15, 0.2) is 5.82 Å². The smallest absolute Gasteiger partial charge is 0.225 e. The van der Waals surface area contributed by atoms with Crippen LogP contribution in [0.25, 0.3) is 0 Å². The van der Waals surface area contributed by atoms with Crippen molar-refractivity contribution in [1.82, 2.24) is 30.8 Å². The number of nitrogens with zero attached hydrogens (tertiary/aromatic N) is 4. The number of piperidine rings is 1. The molecule has 0 bridgehead atoms. The first-order chi connectivity index (χ1) is 9.74. The Morgan fingerprint density at radius 3 is 2.55 bits per heavy atom. The lowest BCUT2D eigenvalue weighted by Crippen LogP contribution is -2.43. The minimum absolute atomic E-state index is 0.00770. The van der Waals surface area contributed by atoms with E-state index in [1.54, 1.807) is 0 Å². The quantitative estimate of drug-likeness (QED) is 0.770. The first-order valence-corrected chi connectivity index (χ1v) is 7.03. The number of hydrogen-bond acceptors (Lipinski definition) is 5. The van der Waals surface area contributed by atoms with Crippen LogP contribution in [-0.4, -0.2) is 50.4 Å². The highest BCUT2D eigenvalue weighted by molar-refractivity contribution is 5.82. The average Bonchev–Trinajstić information content (AvgIpc) is 3.21. The molecule has 2 fully saturated rings. The van der Waals surface area contributed by atoms with Gasteiger partial charge in [0.05, 0.1) is 6.54 Å². The fourth-order valence-electron chi connectivity index (χ4n) is 2.52. The van der Waals surface area contributed by atoms with Gasteiger partial charge in [-0.1, -0.05) is 5.21 Å². The van der Waals surface area contributed by atoms with E-state index in [1.807, 2.05) is 4.90 Å². The molecule has 2 N–H and O–H groups in total. The zero-order valence-corrected chi connectivity index (χ0v) is 11.2. The minimum atomic E-state index is -0.0230. The Bertz CT molecular complexity index is 476. The third-order valence-corrected chi connectivity index (χ3v) is 3.91. The summed E-state index contributed by atoms with van der Waals surface area (Å²) in [6.45, 7) is 1.67. The van der Waals surface area contributed by atoms with Crippen molar-refractivity contribution in [3.63, 3.8) is 0 Å². The third kappa shape index (κ3) is 2.94. The molecule has 2 aliphatic rings. The van der Waals surface area contributed by atoms with Gasteiger partial charge < -0.3 is 10.2 Å². The van der Waals surface area contributed by atoms with Crippen LogP contribution in [0.3, 0.4) is 0 Å². The zero-order valence-electron chi connectivity index (χ0n) is 11.2. The second-order valence-electron chi connectivity index (χ2n) is 5.42. The molecule has 3 rings (SSSR count). The van der Waals surface area contributed by atoms with E-state index in [2.05, 4.69) is 25.9 Å². The second-order valence-corrected chi connectivity index (χ2v) is 5.42. The number of aromatic nitrogens is 4. The van der Waals surface area contributed by atoms with Gasteiger partial charge >= 0.3 is 0 Å². The summed E-state index contributed by atoms with van der Waals surface area (Å²) in [6.07, 6.45) is 3.53. The summed E-state index contributed by atoms with van der Waals surface area (Å²) in [6, 6.07) is 0. The summed E-state index contributed by atoms with van der Waals surface area (Å²) in [5.74, 6) is 0.993. The highest BCUT2D eigenvalue weighted by Gasteiger charge is 2.35. The van der Waals surface area contributed by atoms with Crippen LogP contribution in [0.15, 0.2) is 0 Å². The van der Waals surface area contributed by atoms with Gasteiger partial charge in [-0.25, -0.2) is 0 Å². The van der Waals surface area contributed by atoms with Crippen LogP contribution in [0.5, 0.6) is 0 Å². The van der Waals surface area contributed by atoms with Gasteiger partial charge in [0.2, 0.25) is 11.8 Å². The summed E-state index contributed by atoms with van der Waals surface area (Å²) < 4.78 is 0. The van der Waals surface area contributed by atoms with Crippen LogP contribution < -0.4 is 5.32 Å². The van der Waals surface area contributed by atoms with E-state index in [4.69, 9.17) is 0 Å². The van der Waals surface area contributed by atoms with E-state index in [9.17, 15) is 9.59 Å². The topological polar surface area (TPSA) is 104 Å². The summed E-state index contributed by atoms with van der Waals surface area (Å²) in [5, 5.41) is 16.1. The van der Waals surface area contributed by atoms with E-state index in [0.29, 0.717) is 18.9 Å². The summed E-state index contributed by atoms with van der Waals surface area (Å²) in [4.78, 5) is 25.8. The predicted octanol–water partition coefficient (Wildman–Crippen LogP) is -0.536. The molecule has 8 heteroatoms. The lowest BCUT2D eigenvalue weighted by Gasteiger charge is -2.31. The van der Waals surface area contributed by atoms with Gasteiger partial charge in [-0.05, 0) is 25.7 Å².